The van der Waals surface area contributed by atoms with Crippen LogP contribution in [0, 0.1) is 0 Å². The van der Waals surface area contributed by atoms with E-state index in [9.17, 15) is 4.79 Å². The first-order valence-electron chi connectivity index (χ1n) is 7.95. The Labute approximate surface area is 141 Å². The fourth-order valence-electron chi connectivity index (χ4n) is 2.65. The average Bonchev–Trinajstić information content (AvgIpc) is 2.63. The van der Waals surface area contributed by atoms with Crippen LogP contribution in [0.4, 0.5) is 11.8 Å². The lowest BCUT2D eigenvalue weighted by Crippen LogP contribution is -2.45. The average molecular weight is 327 g/mol. The Hall–Kier alpha value is -2.77. The van der Waals surface area contributed by atoms with Crippen molar-refractivity contribution in [2.24, 2.45) is 0 Å². The zero-order valence-corrected chi connectivity index (χ0v) is 13.9. The summed E-state index contributed by atoms with van der Waals surface area (Å²) in [7, 11) is 3.92. The summed E-state index contributed by atoms with van der Waals surface area (Å²) < 4.78 is 0. The highest BCUT2D eigenvalue weighted by Crippen LogP contribution is 2.18. The number of carbonyl (C=O) groups is 1. The van der Waals surface area contributed by atoms with Gasteiger partial charge in [0, 0.05) is 45.6 Å². The number of anilines is 2. The number of rotatable bonds is 4. The molecule has 0 aromatic carbocycles. The Balaban J connectivity index is 1.56. The summed E-state index contributed by atoms with van der Waals surface area (Å²) in [4.78, 5) is 33.0. The number of hydrogen-bond donors (Lipinski definition) is 1. The van der Waals surface area contributed by atoms with Gasteiger partial charge in [0.15, 0.2) is 0 Å². The maximum Gasteiger partial charge on any atom is 0.270 e. The Morgan fingerprint density at radius 3 is 2.67 bits per heavy atom. The van der Waals surface area contributed by atoms with Gasteiger partial charge in [0.2, 0.25) is 5.95 Å². The van der Waals surface area contributed by atoms with Gasteiger partial charge in [-0.25, -0.2) is 15.0 Å². The molecule has 0 aliphatic carbocycles. The molecule has 8 nitrogen and oxygen atoms in total. The van der Waals surface area contributed by atoms with Crippen molar-refractivity contribution in [3.8, 4) is 0 Å². The van der Waals surface area contributed by atoms with Crippen LogP contribution in [0.2, 0.25) is 0 Å². The summed E-state index contributed by atoms with van der Waals surface area (Å²) in [5.74, 6) is 1.47. The van der Waals surface area contributed by atoms with E-state index in [1.54, 1.807) is 18.5 Å². The summed E-state index contributed by atoms with van der Waals surface area (Å²) in [6.45, 7) is 1.62. The molecule has 3 rings (SSSR count). The molecule has 0 unspecified atom stereocenters. The number of piperidine rings is 1. The molecule has 1 amide bonds. The summed E-state index contributed by atoms with van der Waals surface area (Å²) >= 11 is 0. The highest BCUT2D eigenvalue weighted by molar-refractivity contribution is 5.92. The molecule has 0 atom stereocenters. The minimum Gasteiger partial charge on any atom is -0.363 e. The molecule has 1 saturated heterocycles. The minimum atomic E-state index is -0.151. The van der Waals surface area contributed by atoms with Crippen molar-refractivity contribution in [3.63, 3.8) is 0 Å². The molecule has 0 radical (unpaired) electrons. The molecule has 1 fully saturated rings. The second kappa shape index (κ2) is 7.20. The first-order chi connectivity index (χ1) is 11.6. The maximum absolute atomic E-state index is 12.1. The first-order valence-corrected chi connectivity index (χ1v) is 7.95. The van der Waals surface area contributed by atoms with Crippen LogP contribution in [0.5, 0.6) is 0 Å². The third-order valence-electron chi connectivity index (χ3n) is 4.01. The van der Waals surface area contributed by atoms with Gasteiger partial charge in [-0.2, -0.15) is 4.98 Å². The predicted octanol–water partition coefficient (Wildman–Crippen LogP) is 0.731. The van der Waals surface area contributed by atoms with Gasteiger partial charge in [-0.05, 0) is 25.0 Å². The number of nitrogens with zero attached hydrogens (tertiary/aromatic N) is 6. The Morgan fingerprint density at radius 2 is 2.00 bits per heavy atom. The highest BCUT2D eigenvalue weighted by Gasteiger charge is 2.23. The van der Waals surface area contributed by atoms with Crippen molar-refractivity contribution in [1.82, 2.24) is 25.3 Å². The number of amides is 1. The highest BCUT2D eigenvalue weighted by atomic mass is 16.1. The smallest absolute Gasteiger partial charge is 0.270 e. The molecule has 8 heteroatoms. The van der Waals surface area contributed by atoms with Gasteiger partial charge >= 0.3 is 0 Å². The lowest BCUT2D eigenvalue weighted by molar-refractivity contribution is 0.0926. The fourth-order valence-corrected chi connectivity index (χ4v) is 2.65. The molecular formula is C16H21N7O. The molecule has 1 aliphatic heterocycles. The maximum atomic E-state index is 12.1. The largest absolute Gasteiger partial charge is 0.363 e. The van der Waals surface area contributed by atoms with E-state index in [0.717, 1.165) is 37.7 Å². The van der Waals surface area contributed by atoms with Crippen LogP contribution in [0.1, 0.15) is 23.3 Å². The van der Waals surface area contributed by atoms with Crippen molar-refractivity contribution < 1.29 is 4.79 Å². The lowest BCUT2D eigenvalue weighted by atomic mass is 10.1. The summed E-state index contributed by atoms with van der Waals surface area (Å²) in [5, 5.41) is 3.03. The second-order valence-electron chi connectivity index (χ2n) is 5.94. The quantitative estimate of drug-likeness (QED) is 0.886. The molecule has 1 aliphatic rings. The van der Waals surface area contributed by atoms with Gasteiger partial charge in [-0.1, -0.05) is 0 Å². The summed E-state index contributed by atoms with van der Waals surface area (Å²) in [5.41, 5.74) is 0.398. The Bertz CT molecular complexity index is 684. The number of carbonyl (C=O) groups excluding carboxylic acids is 1. The summed E-state index contributed by atoms with van der Waals surface area (Å²) in [6, 6.07) is 3.64. The second-order valence-corrected chi connectivity index (χ2v) is 5.94. The van der Waals surface area contributed by atoms with Gasteiger partial charge in [-0.15, -0.1) is 0 Å². The van der Waals surface area contributed by atoms with Crippen LogP contribution in [0.15, 0.2) is 30.9 Å². The van der Waals surface area contributed by atoms with Crippen LogP contribution < -0.4 is 15.1 Å². The van der Waals surface area contributed by atoms with Crippen molar-refractivity contribution in [2.45, 2.75) is 18.9 Å². The Kier molecular flexibility index (Phi) is 4.83. The van der Waals surface area contributed by atoms with E-state index in [1.807, 2.05) is 25.1 Å². The third kappa shape index (κ3) is 3.76. The molecular weight excluding hydrogens is 306 g/mol. The third-order valence-corrected chi connectivity index (χ3v) is 4.01. The SMILES string of the molecule is CN(C)c1ccnc(N2CCC(NC(=O)c3ccncn3)CC2)n1. The van der Waals surface area contributed by atoms with Crippen molar-refractivity contribution >= 4 is 17.7 Å². The van der Waals surface area contributed by atoms with Gasteiger partial charge in [0.25, 0.3) is 5.91 Å². The topological polar surface area (TPSA) is 87.1 Å². The minimum absolute atomic E-state index is 0.140. The zero-order chi connectivity index (χ0) is 16.9. The molecule has 126 valence electrons. The molecule has 24 heavy (non-hydrogen) atoms. The number of aromatic nitrogens is 4. The van der Waals surface area contributed by atoms with Gasteiger partial charge < -0.3 is 15.1 Å². The van der Waals surface area contributed by atoms with Gasteiger partial charge in [-0.3, -0.25) is 4.79 Å². The standard InChI is InChI=1S/C16H21N7O/c1-22(2)14-4-8-18-16(21-14)23-9-5-12(6-10-23)20-15(24)13-3-7-17-11-19-13/h3-4,7-8,11-12H,5-6,9-10H2,1-2H3,(H,20,24). The van der Waals surface area contributed by atoms with Crippen molar-refractivity contribution in [2.75, 3.05) is 37.0 Å². The molecule has 0 bridgehead atoms. The lowest BCUT2D eigenvalue weighted by Gasteiger charge is -2.32. The fraction of sp³-hybridized carbons (Fsp3) is 0.438. The molecule has 2 aromatic rings. The van der Waals surface area contributed by atoms with E-state index in [-0.39, 0.29) is 11.9 Å². The number of hydrogen-bond acceptors (Lipinski definition) is 7. The van der Waals surface area contributed by atoms with Crippen LogP contribution in [-0.4, -0.2) is 59.1 Å². The number of nitrogens with one attached hydrogen (secondary N) is 1. The Morgan fingerprint density at radius 1 is 1.21 bits per heavy atom. The molecule has 0 saturated carbocycles. The van der Waals surface area contributed by atoms with Gasteiger partial charge in [0.1, 0.15) is 17.8 Å². The zero-order valence-electron chi connectivity index (χ0n) is 13.9. The van der Waals surface area contributed by atoms with E-state index in [0.29, 0.717) is 5.69 Å². The monoisotopic (exact) mass is 327 g/mol. The van der Waals surface area contributed by atoms with E-state index >= 15 is 0 Å². The first kappa shape index (κ1) is 16.1. The van der Waals surface area contributed by atoms with E-state index in [1.165, 1.54) is 6.33 Å². The van der Waals surface area contributed by atoms with Crippen LogP contribution in [-0.2, 0) is 0 Å². The molecule has 0 spiro atoms. The van der Waals surface area contributed by atoms with E-state index in [2.05, 4.69) is 30.2 Å². The van der Waals surface area contributed by atoms with Crippen LogP contribution >= 0.6 is 0 Å². The van der Waals surface area contributed by atoms with E-state index < -0.39 is 0 Å². The summed E-state index contributed by atoms with van der Waals surface area (Å²) in [6.07, 6.45) is 6.44. The van der Waals surface area contributed by atoms with Gasteiger partial charge in [0.05, 0.1) is 0 Å². The van der Waals surface area contributed by atoms with Crippen LogP contribution in [0.25, 0.3) is 0 Å². The molecule has 2 aromatic heterocycles. The van der Waals surface area contributed by atoms with Crippen molar-refractivity contribution in [1.29, 1.82) is 0 Å². The van der Waals surface area contributed by atoms with Crippen molar-refractivity contribution in [3.05, 3.63) is 36.5 Å². The molecule has 1 N–H and O–H groups in total. The van der Waals surface area contributed by atoms with E-state index in [4.69, 9.17) is 0 Å². The van der Waals surface area contributed by atoms with Crippen LogP contribution in [0.3, 0.4) is 0 Å². The molecule has 3 heterocycles. The predicted molar refractivity (Wildman–Crippen MR) is 91.1 cm³/mol. The normalized spacial score (nSPS) is 15.2.